The first kappa shape index (κ1) is 17.7. The molecule has 0 radical (unpaired) electrons. The van der Waals surface area contributed by atoms with Crippen LogP contribution < -0.4 is 5.32 Å². The van der Waals surface area contributed by atoms with Crippen LogP contribution in [0, 0.1) is 0 Å². The van der Waals surface area contributed by atoms with E-state index in [0.29, 0.717) is 10.7 Å². The average Bonchev–Trinajstić information content (AvgIpc) is 2.47. The minimum absolute atomic E-state index is 0.0857. The Hall–Kier alpha value is -1.60. The van der Waals surface area contributed by atoms with Crippen molar-refractivity contribution in [2.45, 2.75) is 4.90 Å². The summed E-state index contributed by atoms with van der Waals surface area (Å²) in [7, 11) is -0.698. The molecule has 0 aromatic heterocycles. The first-order chi connectivity index (χ1) is 10.7. The van der Waals surface area contributed by atoms with Crippen molar-refractivity contribution < 1.29 is 13.2 Å². The second-order valence-corrected chi connectivity index (χ2v) is 7.89. The fourth-order valence-corrected chi connectivity index (χ4v) is 3.26. The third-order valence-corrected chi connectivity index (χ3v) is 5.41. The number of rotatable bonds is 4. The molecule has 1 N–H and O–H groups in total. The third-order valence-electron chi connectivity index (χ3n) is 3.05. The van der Waals surface area contributed by atoms with Crippen molar-refractivity contribution in [3.8, 4) is 0 Å². The predicted octanol–water partition coefficient (Wildman–Crippen LogP) is 3.50. The van der Waals surface area contributed by atoms with Crippen LogP contribution in [0.1, 0.15) is 10.4 Å². The molecule has 2 aromatic rings. The maximum Gasteiger partial charge on any atom is 0.257 e. The lowest BCUT2D eigenvalue weighted by Gasteiger charge is -2.13. The smallest absolute Gasteiger partial charge is 0.257 e. The number of nitrogens with zero attached hydrogens (tertiary/aromatic N) is 1. The first-order valence-corrected chi connectivity index (χ1v) is 8.70. The molecule has 2 aromatic carbocycles. The van der Waals surface area contributed by atoms with Gasteiger partial charge in [0.05, 0.1) is 15.5 Å². The Morgan fingerprint density at radius 1 is 1.09 bits per heavy atom. The van der Waals surface area contributed by atoms with Crippen molar-refractivity contribution in [1.29, 1.82) is 0 Å². The first-order valence-electron chi connectivity index (χ1n) is 6.51. The standard InChI is InChI=1S/C15H14Cl2N2O3S/c1-19(2)23(21,22)12-5-3-4-11(9-12)18-15(20)13-7-6-10(16)8-14(13)17/h3-9H,1-2H3,(H,18,20). The third kappa shape index (κ3) is 4.03. The lowest BCUT2D eigenvalue weighted by molar-refractivity contribution is 0.102. The molecule has 5 nitrogen and oxygen atoms in total. The Kier molecular flexibility index (Phi) is 5.31. The number of halogens is 2. The van der Waals surface area contributed by atoms with Gasteiger partial charge in [0, 0.05) is 24.8 Å². The van der Waals surface area contributed by atoms with Crippen molar-refractivity contribution >= 4 is 44.8 Å². The fraction of sp³-hybridized carbons (Fsp3) is 0.133. The maximum absolute atomic E-state index is 12.2. The minimum atomic E-state index is -3.58. The van der Waals surface area contributed by atoms with E-state index in [4.69, 9.17) is 23.2 Å². The number of hydrogen-bond acceptors (Lipinski definition) is 3. The topological polar surface area (TPSA) is 66.5 Å². The molecule has 0 aliphatic carbocycles. The number of carbonyl (C=O) groups excluding carboxylic acids is 1. The predicted molar refractivity (Wildman–Crippen MR) is 91.7 cm³/mol. The van der Waals surface area contributed by atoms with Gasteiger partial charge in [-0.3, -0.25) is 4.79 Å². The SMILES string of the molecule is CN(C)S(=O)(=O)c1cccc(NC(=O)c2ccc(Cl)cc2Cl)c1. The molecule has 0 bridgehead atoms. The molecule has 1 amide bonds. The van der Waals surface area contributed by atoms with Gasteiger partial charge in [0.2, 0.25) is 10.0 Å². The van der Waals surface area contributed by atoms with Gasteiger partial charge in [0.1, 0.15) is 0 Å². The van der Waals surface area contributed by atoms with Gasteiger partial charge in [-0.1, -0.05) is 29.3 Å². The normalized spacial score (nSPS) is 11.5. The van der Waals surface area contributed by atoms with E-state index in [1.54, 1.807) is 18.2 Å². The number of anilines is 1. The summed E-state index contributed by atoms with van der Waals surface area (Å²) in [5, 5.41) is 3.26. The number of nitrogens with one attached hydrogen (secondary N) is 1. The number of sulfonamides is 1. The molecule has 23 heavy (non-hydrogen) atoms. The summed E-state index contributed by atoms with van der Waals surface area (Å²) in [6, 6.07) is 10.5. The quantitative estimate of drug-likeness (QED) is 0.892. The van der Waals surface area contributed by atoms with Gasteiger partial charge >= 0.3 is 0 Å². The summed E-state index contributed by atoms with van der Waals surface area (Å²) in [4.78, 5) is 12.3. The molecule has 0 heterocycles. The number of amides is 1. The van der Waals surface area contributed by atoms with Crippen molar-refractivity contribution in [3.05, 3.63) is 58.1 Å². The number of carbonyl (C=O) groups is 1. The van der Waals surface area contributed by atoms with Crippen LogP contribution in [0.2, 0.25) is 10.0 Å². The van der Waals surface area contributed by atoms with Gasteiger partial charge in [0.25, 0.3) is 5.91 Å². The average molecular weight is 373 g/mol. The van der Waals surface area contributed by atoms with Crippen LogP contribution in [0.15, 0.2) is 47.4 Å². The zero-order chi connectivity index (χ0) is 17.2. The molecule has 0 saturated carbocycles. The van der Waals surface area contributed by atoms with Crippen molar-refractivity contribution in [3.63, 3.8) is 0 Å². The highest BCUT2D eigenvalue weighted by Gasteiger charge is 2.18. The Balaban J connectivity index is 2.29. The van der Waals surface area contributed by atoms with Crippen LogP contribution in [0.4, 0.5) is 5.69 Å². The molecule has 2 rings (SSSR count). The van der Waals surface area contributed by atoms with E-state index < -0.39 is 15.9 Å². The zero-order valence-electron chi connectivity index (χ0n) is 12.4. The second kappa shape index (κ2) is 6.88. The summed E-state index contributed by atoms with van der Waals surface area (Å²) in [6.45, 7) is 0. The Morgan fingerprint density at radius 3 is 2.39 bits per heavy atom. The molecule has 0 saturated heterocycles. The van der Waals surface area contributed by atoms with E-state index in [1.165, 1.54) is 38.4 Å². The molecule has 0 aliphatic rings. The highest BCUT2D eigenvalue weighted by molar-refractivity contribution is 7.89. The van der Waals surface area contributed by atoms with E-state index in [-0.39, 0.29) is 15.5 Å². The van der Waals surface area contributed by atoms with Gasteiger partial charge in [-0.15, -0.1) is 0 Å². The Labute approximate surface area is 144 Å². The van der Waals surface area contributed by atoms with Crippen LogP contribution in [-0.2, 0) is 10.0 Å². The maximum atomic E-state index is 12.2. The fourth-order valence-electron chi connectivity index (χ4n) is 1.82. The largest absolute Gasteiger partial charge is 0.322 e. The van der Waals surface area contributed by atoms with Crippen LogP contribution in [0.5, 0.6) is 0 Å². The van der Waals surface area contributed by atoms with Gasteiger partial charge in [-0.2, -0.15) is 0 Å². The minimum Gasteiger partial charge on any atom is -0.322 e. The summed E-state index contributed by atoms with van der Waals surface area (Å²) in [5.41, 5.74) is 0.598. The monoisotopic (exact) mass is 372 g/mol. The molecule has 122 valence electrons. The highest BCUT2D eigenvalue weighted by atomic mass is 35.5. The molecular formula is C15H14Cl2N2O3S. The molecule has 0 fully saturated rings. The van der Waals surface area contributed by atoms with Gasteiger partial charge in [-0.05, 0) is 36.4 Å². The van der Waals surface area contributed by atoms with Crippen molar-refractivity contribution in [1.82, 2.24) is 4.31 Å². The lowest BCUT2D eigenvalue weighted by Crippen LogP contribution is -2.22. The van der Waals surface area contributed by atoms with Crippen LogP contribution in [0.3, 0.4) is 0 Å². The summed E-state index contributed by atoms with van der Waals surface area (Å²) < 4.78 is 25.3. The molecular weight excluding hydrogens is 359 g/mol. The molecule has 8 heteroatoms. The van der Waals surface area contributed by atoms with E-state index in [1.807, 2.05) is 0 Å². The van der Waals surface area contributed by atoms with E-state index in [0.717, 1.165) is 4.31 Å². The van der Waals surface area contributed by atoms with E-state index in [9.17, 15) is 13.2 Å². The zero-order valence-corrected chi connectivity index (χ0v) is 14.7. The number of hydrogen-bond donors (Lipinski definition) is 1. The van der Waals surface area contributed by atoms with E-state index >= 15 is 0 Å². The molecule has 0 spiro atoms. The molecule has 0 atom stereocenters. The van der Waals surface area contributed by atoms with Crippen LogP contribution in [0.25, 0.3) is 0 Å². The summed E-state index contributed by atoms with van der Waals surface area (Å²) in [6.07, 6.45) is 0. The Morgan fingerprint density at radius 2 is 1.78 bits per heavy atom. The lowest BCUT2D eigenvalue weighted by atomic mass is 10.2. The second-order valence-electron chi connectivity index (χ2n) is 4.89. The van der Waals surface area contributed by atoms with Crippen molar-refractivity contribution in [2.75, 3.05) is 19.4 Å². The highest BCUT2D eigenvalue weighted by Crippen LogP contribution is 2.23. The Bertz CT molecular complexity index is 852. The van der Waals surface area contributed by atoms with E-state index in [2.05, 4.69) is 5.32 Å². The van der Waals surface area contributed by atoms with Crippen LogP contribution in [-0.4, -0.2) is 32.7 Å². The van der Waals surface area contributed by atoms with Gasteiger partial charge in [-0.25, -0.2) is 12.7 Å². The number of benzene rings is 2. The van der Waals surface area contributed by atoms with Gasteiger partial charge < -0.3 is 5.32 Å². The van der Waals surface area contributed by atoms with Crippen molar-refractivity contribution in [2.24, 2.45) is 0 Å². The molecule has 0 unspecified atom stereocenters. The van der Waals surface area contributed by atoms with Crippen LogP contribution >= 0.6 is 23.2 Å². The van der Waals surface area contributed by atoms with Gasteiger partial charge in [0.15, 0.2) is 0 Å². The summed E-state index contributed by atoms with van der Waals surface area (Å²) >= 11 is 11.8. The summed E-state index contributed by atoms with van der Waals surface area (Å²) in [5.74, 6) is -0.453. The molecule has 0 aliphatic heterocycles.